The topological polar surface area (TPSA) is 57.6 Å². The van der Waals surface area contributed by atoms with Crippen molar-refractivity contribution in [3.05, 3.63) is 29.3 Å². The van der Waals surface area contributed by atoms with Crippen LogP contribution in [0.4, 0.5) is 0 Å². The second-order valence-electron chi connectivity index (χ2n) is 5.15. The molecule has 1 fully saturated rings. The third kappa shape index (κ3) is 1.86. The molecule has 0 radical (unpaired) electrons. The first kappa shape index (κ1) is 12.1. The number of rotatable bonds is 3. The highest BCUT2D eigenvalue weighted by atomic mass is 32.2. The maximum Gasteiger partial charge on any atom is 0.243 e. The first-order chi connectivity index (χ1) is 8.61. The van der Waals surface area contributed by atoms with E-state index in [2.05, 4.69) is 0 Å². The monoisotopic (exact) mass is 267 g/mol. The van der Waals surface area contributed by atoms with Crippen LogP contribution < -0.4 is 0 Å². The number of hydrogen-bond donors (Lipinski definition) is 1. The molecule has 3 rings (SSSR count). The quantitative estimate of drug-likeness (QED) is 0.881. The van der Waals surface area contributed by atoms with Crippen LogP contribution in [0.1, 0.15) is 17.5 Å². The van der Waals surface area contributed by atoms with Crippen LogP contribution in [-0.4, -0.2) is 37.5 Å². The smallest absolute Gasteiger partial charge is 0.243 e. The Hall–Kier alpha value is -0.910. The Balaban J connectivity index is 1.86. The maximum atomic E-state index is 12.3. The van der Waals surface area contributed by atoms with Crippen LogP contribution in [0.3, 0.4) is 0 Å². The fourth-order valence-corrected chi connectivity index (χ4v) is 4.34. The number of nitrogens with zero attached hydrogens (tertiary/aromatic N) is 1. The van der Waals surface area contributed by atoms with Crippen molar-refractivity contribution in [1.29, 1.82) is 0 Å². The number of aliphatic hydroxyl groups is 1. The highest BCUT2D eigenvalue weighted by Gasteiger charge is 2.36. The summed E-state index contributed by atoms with van der Waals surface area (Å²) in [4.78, 5) is 0.402. The van der Waals surface area contributed by atoms with Gasteiger partial charge in [0.15, 0.2) is 0 Å². The Morgan fingerprint density at radius 1 is 1.22 bits per heavy atom. The van der Waals surface area contributed by atoms with Gasteiger partial charge in [-0.2, -0.15) is 4.31 Å². The molecule has 1 aromatic carbocycles. The minimum atomic E-state index is -3.34. The molecule has 2 aliphatic rings. The van der Waals surface area contributed by atoms with Gasteiger partial charge in [0, 0.05) is 25.6 Å². The Labute approximate surface area is 107 Å². The van der Waals surface area contributed by atoms with E-state index in [1.807, 2.05) is 12.1 Å². The summed E-state index contributed by atoms with van der Waals surface area (Å²) < 4.78 is 26.1. The molecular formula is C13H17NO3S. The fraction of sp³-hybridized carbons (Fsp3) is 0.538. The maximum absolute atomic E-state index is 12.3. The molecule has 0 amide bonds. The summed E-state index contributed by atoms with van der Waals surface area (Å²) in [5.41, 5.74) is 2.46. The van der Waals surface area contributed by atoms with Crippen molar-refractivity contribution < 1.29 is 13.5 Å². The summed E-state index contributed by atoms with van der Waals surface area (Å²) in [7, 11) is -3.34. The van der Waals surface area contributed by atoms with Crippen molar-refractivity contribution in [2.75, 3.05) is 19.7 Å². The molecule has 4 nitrogen and oxygen atoms in total. The van der Waals surface area contributed by atoms with Gasteiger partial charge in [0.2, 0.25) is 10.0 Å². The van der Waals surface area contributed by atoms with Crippen molar-refractivity contribution >= 4 is 10.0 Å². The second-order valence-corrected chi connectivity index (χ2v) is 7.09. The molecule has 1 aliphatic heterocycles. The lowest BCUT2D eigenvalue weighted by Gasteiger charge is -2.37. The lowest BCUT2D eigenvalue weighted by Crippen LogP contribution is -2.51. The van der Waals surface area contributed by atoms with Gasteiger partial charge < -0.3 is 5.11 Å². The van der Waals surface area contributed by atoms with Crippen molar-refractivity contribution in [3.63, 3.8) is 0 Å². The van der Waals surface area contributed by atoms with Gasteiger partial charge >= 0.3 is 0 Å². The Morgan fingerprint density at radius 2 is 1.94 bits per heavy atom. The van der Waals surface area contributed by atoms with Crippen LogP contribution in [0.25, 0.3) is 0 Å². The first-order valence-corrected chi connectivity index (χ1v) is 7.78. The zero-order chi connectivity index (χ0) is 12.8. The van der Waals surface area contributed by atoms with Crippen LogP contribution in [0.15, 0.2) is 23.1 Å². The predicted octanol–water partition coefficient (Wildman–Crippen LogP) is 0.788. The van der Waals surface area contributed by atoms with Crippen LogP contribution in [0.5, 0.6) is 0 Å². The van der Waals surface area contributed by atoms with Crippen LogP contribution >= 0.6 is 0 Å². The van der Waals surface area contributed by atoms with Gasteiger partial charge in [0.1, 0.15) is 0 Å². The van der Waals surface area contributed by atoms with Gasteiger partial charge in [0.25, 0.3) is 0 Å². The third-order valence-electron chi connectivity index (χ3n) is 3.89. The summed E-state index contributed by atoms with van der Waals surface area (Å²) in [5.74, 6) is 0.106. The molecule has 0 spiro atoms. The van der Waals surface area contributed by atoms with Gasteiger partial charge in [-0.15, -0.1) is 0 Å². The normalized spacial score (nSPS) is 20.7. The minimum absolute atomic E-state index is 0.0657. The van der Waals surface area contributed by atoms with E-state index in [4.69, 9.17) is 5.11 Å². The SMILES string of the molecule is O=S(=O)(c1ccc2c(c1)CCC2)N1CC(CO)C1. The standard InChI is InChI=1S/C13H17NO3S/c15-9-10-7-14(8-10)18(16,17)13-5-4-11-2-1-3-12(11)6-13/h4-6,10,15H,1-3,7-9H2. The molecule has 0 unspecified atom stereocenters. The van der Waals surface area contributed by atoms with Crippen LogP contribution in [-0.2, 0) is 22.9 Å². The Kier molecular flexibility index (Phi) is 2.92. The van der Waals surface area contributed by atoms with E-state index in [1.165, 1.54) is 15.4 Å². The highest BCUT2D eigenvalue weighted by Crippen LogP contribution is 2.29. The molecule has 18 heavy (non-hydrogen) atoms. The Bertz CT molecular complexity index is 562. The molecule has 1 saturated heterocycles. The average molecular weight is 267 g/mol. The average Bonchev–Trinajstić information content (AvgIpc) is 2.73. The molecule has 1 N–H and O–H groups in total. The number of benzene rings is 1. The number of hydrogen-bond acceptors (Lipinski definition) is 3. The van der Waals surface area contributed by atoms with E-state index in [0.717, 1.165) is 19.3 Å². The van der Waals surface area contributed by atoms with E-state index >= 15 is 0 Å². The number of aryl methyl sites for hydroxylation is 2. The highest BCUT2D eigenvalue weighted by molar-refractivity contribution is 7.89. The summed E-state index contributed by atoms with van der Waals surface area (Å²) in [5, 5.41) is 8.95. The van der Waals surface area contributed by atoms with Crippen molar-refractivity contribution in [3.8, 4) is 0 Å². The molecule has 1 aliphatic carbocycles. The first-order valence-electron chi connectivity index (χ1n) is 6.34. The molecule has 0 bridgehead atoms. The molecule has 1 aromatic rings. The number of sulfonamides is 1. The summed E-state index contributed by atoms with van der Waals surface area (Å²) in [6.45, 7) is 0.946. The number of aliphatic hydroxyl groups excluding tert-OH is 1. The molecule has 98 valence electrons. The molecule has 1 heterocycles. The van der Waals surface area contributed by atoms with Gasteiger partial charge in [-0.3, -0.25) is 0 Å². The predicted molar refractivity (Wildman–Crippen MR) is 67.8 cm³/mol. The molecule has 0 saturated carbocycles. The largest absolute Gasteiger partial charge is 0.396 e. The van der Waals surface area contributed by atoms with Gasteiger partial charge in [-0.25, -0.2) is 8.42 Å². The van der Waals surface area contributed by atoms with E-state index < -0.39 is 10.0 Å². The Morgan fingerprint density at radius 3 is 2.67 bits per heavy atom. The second kappa shape index (κ2) is 4.33. The number of fused-ring (bicyclic) bond motifs is 1. The summed E-state index contributed by atoms with van der Waals surface area (Å²) in [6.07, 6.45) is 3.17. The van der Waals surface area contributed by atoms with Gasteiger partial charge in [-0.1, -0.05) is 6.07 Å². The van der Waals surface area contributed by atoms with E-state index in [0.29, 0.717) is 18.0 Å². The zero-order valence-corrected chi connectivity index (χ0v) is 11.0. The van der Waals surface area contributed by atoms with E-state index in [-0.39, 0.29) is 12.5 Å². The van der Waals surface area contributed by atoms with Crippen LogP contribution in [0.2, 0.25) is 0 Å². The summed E-state index contributed by atoms with van der Waals surface area (Å²) >= 11 is 0. The van der Waals surface area contributed by atoms with Crippen molar-refractivity contribution in [1.82, 2.24) is 4.31 Å². The van der Waals surface area contributed by atoms with Gasteiger partial charge in [-0.05, 0) is 42.5 Å². The molecule has 5 heteroatoms. The lowest BCUT2D eigenvalue weighted by atomic mass is 10.1. The van der Waals surface area contributed by atoms with Gasteiger partial charge in [0.05, 0.1) is 4.90 Å². The van der Waals surface area contributed by atoms with Crippen molar-refractivity contribution in [2.24, 2.45) is 5.92 Å². The minimum Gasteiger partial charge on any atom is -0.396 e. The summed E-state index contributed by atoms with van der Waals surface area (Å²) in [6, 6.07) is 5.48. The molecular weight excluding hydrogens is 250 g/mol. The van der Waals surface area contributed by atoms with E-state index in [1.54, 1.807) is 6.07 Å². The van der Waals surface area contributed by atoms with E-state index in [9.17, 15) is 8.42 Å². The molecule has 0 aromatic heterocycles. The van der Waals surface area contributed by atoms with Crippen LogP contribution in [0, 0.1) is 5.92 Å². The fourth-order valence-electron chi connectivity index (χ4n) is 2.69. The van der Waals surface area contributed by atoms with Crippen molar-refractivity contribution in [2.45, 2.75) is 24.2 Å². The third-order valence-corrected chi connectivity index (χ3v) is 5.72. The lowest BCUT2D eigenvalue weighted by molar-refractivity contribution is 0.117. The zero-order valence-electron chi connectivity index (χ0n) is 10.2. The molecule has 0 atom stereocenters.